The summed E-state index contributed by atoms with van der Waals surface area (Å²) in [5.41, 5.74) is 1.66. The fraction of sp³-hybridized carbons (Fsp3) is 0.381. The molecular weight excluding hydrogens is 378 g/mol. The lowest BCUT2D eigenvalue weighted by Gasteiger charge is -2.29. The number of carbonyl (C=O) groups is 1. The van der Waals surface area contributed by atoms with Crippen LogP contribution in [-0.2, 0) is 31.1 Å². The smallest absolute Gasteiger partial charge is 0.410 e. The molecule has 150 valence electrons. The Morgan fingerprint density at radius 1 is 1.07 bits per heavy atom. The first-order valence-corrected chi connectivity index (χ1v) is 11.1. The van der Waals surface area contributed by atoms with Gasteiger partial charge in [0.25, 0.3) is 10.1 Å². The molecule has 1 unspecified atom stereocenters. The third kappa shape index (κ3) is 5.33. The van der Waals surface area contributed by atoms with Crippen molar-refractivity contribution in [1.82, 2.24) is 4.90 Å². The highest BCUT2D eigenvalue weighted by atomic mass is 32.2. The summed E-state index contributed by atoms with van der Waals surface area (Å²) in [6.07, 6.45) is 1.92. The van der Waals surface area contributed by atoms with Gasteiger partial charge >= 0.3 is 6.09 Å². The number of carbonyl (C=O) groups excluding carboxylic acids is 1. The molecule has 28 heavy (non-hydrogen) atoms. The highest BCUT2D eigenvalue weighted by Crippen LogP contribution is 2.38. The Morgan fingerprint density at radius 2 is 1.71 bits per heavy atom. The Labute approximate surface area is 166 Å². The Hall–Kier alpha value is -2.38. The van der Waals surface area contributed by atoms with E-state index in [2.05, 4.69) is 0 Å². The summed E-state index contributed by atoms with van der Waals surface area (Å²) in [7, 11) is -3.50. The molecule has 6 nitrogen and oxygen atoms in total. The maximum atomic E-state index is 12.5. The van der Waals surface area contributed by atoms with Crippen LogP contribution in [0.1, 0.15) is 24.0 Å². The average Bonchev–Trinajstić information content (AvgIpc) is 3.12. The maximum absolute atomic E-state index is 12.5. The number of amides is 1. The summed E-state index contributed by atoms with van der Waals surface area (Å²) in [4.78, 5) is 14.2. The number of ether oxygens (including phenoxy) is 1. The monoisotopic (exact) mass is 403 g/mol. The van der Waals surface area contributed by atoms with Gasteiger partial charge in [0.1, 0.15) is 6.61 Å². The summed E-state index contributed by atoms with van der Waals surface area (Å²) >= 11 is 0. The summed E-state index contributed by atoms with van der Waals surface area (Å²) < 4.78 is 33.1. The van der Waals surface area contributed by atoms with Crippen molar-refractivity contribution < 1.29 is 22.1 Å². The quantitative estimate of drug-likeness (QED) is 0.663. The van der Waals surface area contributed by atoms with Crippen molar-refractivity contribution in [2.45, 2.75) is 24.9 Å². The topological polar surface area (TPSA) is 72.9 Å². The van der Waals surface area contributed by atoms with E-state index in [1.165, 1.54) is 0 Å². The van der Waals surface area contributed by atoms with Gasteiger partial charge in [-0.2, -0.15) is 8.42 Å². The highest BCUT2D eigenvalue weighted by Gasteiger charge is 2.41. The molecule has 7 heteroatoms. The molecule has 2 aromatic rings. The fourth-order valence-electron chi connectivity index (χ4n) is 3.60. The van der Waals surface area contributed by atoms with Gasteiger partial charge in [0.15, 0.2) is 0 Å². The second-order valence-corrected chi connectivity index (χ2v) is 8.78. The Kier molecular flexibility index (Phi) is 6.36. The Balaban J connectivity index is 1.67. The molecule has 1 atom stereocenters. The van der Waals surface area contributed by atoms with Crippen LogP contribution in [0.5, 0.6) is 0 Å². The lowest BCUT2D eigenvalue weighted by Crippen LogP contribution is -2.35. The van der Waals surface area contributed by atoms with Crippen LogP contribution in [0.15, 0.2) is 60.7 Å². The molecule has 0 N–H and O–H groups in total. The minimum absolute atomic E-state index is 0.0840. The van der Waals surface area contributed by atoms with E-state index in [0.717, 1.165) is 23.8 Å². The van der Waals surface area contributed by atoms with E-state index in [4.69, 9.17) is 8.92 Å². The second-order valence-electron chi connectivity index (χ2n) is 7.13. The first-order chi connectivity index (χ1) is 13.4. The number of rotatable bonds is 7. The van der Waals surface area contributed by atoms with Gasteiger partial charge in [-0.15, -0.1) is 0 Å². The Morgan fingerprint density at radius 3 is 2.36 bits per heavy atom. The SMILES string of the molecule is CS(=O)(=O)OCCC1(c2ccccc2)CCN(C(=O)OCc2ccccc2)C1. The molecule has 1 heterocycles. The molecule has 1 saturated heterocycles. The number of likely N-dealkylation sites (tertiary alicyclic amines) is 1. The van der Waals surface area contributed by atoms with Crippen LogP contribution in [0, 0.1) is 0 Å². The van der Waals surface area contributed by atoms with E-state index in [0.29, 0.717) is 19.5 Å². The lowest BCUT2D eigenvalue weighted by molar-refractivity contribution is 0.101. The van der Waals surface area contributed by atoms with Gasteiger partial charge in [-0.3, -0.25) is 4.18 Å². The van der Waals surface area contributed by atoms with Crippen LogP contribution < -0.4 is 0 Å². The average molecular weight is 404 g/mol. The lowest BCUT2D eigenvalue weighted by atomic mass is 9.77. The molecule has 0 aliphatic carbocycles. The molecule has 1 aliphatic rings. The van der Waals surface area contributed by atoms with Crippen molar-refractivity contribution in [3.8, 4) is 0 Å². The third-order valence-corrected chi connectivity index (χ3v) is 5.68. The molecule has 0 saturated carbocycles. The predicted octanol–water partition coefficient (Wildman–Crippen LogP) is 3.33. The van der Waals surface area contributed by atoms with E-state index in [9.17, 15) is 13.2 Å². The Bertz CT molecular complexity index is 886. The van der Waals surface area contributed by atoms with Gasteiger partial charge in [-0.1, -0.05) is 60.7 Å². The number of benzene rings is 2. The van der Waals surface area contributed by atoms with Gasteiger partial charge < -0.3 is 9.64 Å². The zero-order valence-corrected chi connectivity index (χ0v) is 16.7. The van der Waals surface area contributed by atoms with Crippen LogP contribution in [0.2, 0.25) is 0 Å². The van der Waals surface area contributed by atoms with Gasteiger partial charge in [0.05, 0.1) is 12.9 Å². The molecule has 1 aliphatic heterocycles. The van der Waals surface area contributed by atoms with Crippen molar-refractivity contribution in [2.75, 3.05) is 26.0 Å². The first-order valence-electron chi connectivity index (χ1n) is 9.24. The highest BCUT2D eigenvalue weighted by molar-refractivity contribution is 7.85. The van der Waals surface area contributed by atoms with Gasteiger partial charge in [0, 0.05) is 18.5 Å². The van der Waals surface area contributed by atoms with Crippen molar-refractivity contribution in [2.24, 2.45) is 0 Å². The van der Waals surface area contributed by atoms with E-state index in [1.807, 2.05) is 60.7 Å². The van der Waals surface area contributed by atoms with Crippen LogP contribution in [-0.4, -0.2) is 45.4 Å². The normalized spacial score (nSPS) is 19.5. The molecule has 2 aromatic carbocycles. The van der Waals surface area contributed by atoms with Gasteiger partial charge in [0.2, 0.25) is 0 Å². The third-order valence-electron chi connectivity index (χ3n) is 5.08. The van der Waals surface area contributed by atoms with Crippen molar-refractivity contribution in [3.63, 3.8) is 0 Å². The fourth-order valence-corrected chi connectivity index (χ4v) is 3.99. The van der Waals surface area contributed by atoms with E-state index in [-0.39, 0.29) is 24.7 Å². The minimum atomic E-state index is -3.50. The van der Waals surface area contributed by atoms with Crippen molar-refractivity contribution in [3.05, 3.63) is 71.8 Å². The van der Waals surface area contributed by atoms with Gasteiger partial charge in [-0.05, 0) is 24.0 Å². The van der Waals surface area contributed by atoms with E-state index in [1.54, 1.807) is 4.90 Å². The number of hydrogen-bond donors (Lipinski definition) is 0. The first kappa shape index (κ1) is 20.4. The van der Waals surface area contributed by atoms with E-state index < -0.39 is 10.1 Å². The summed E-state index contributed by atoms with van der Waals surface area (Å²) in [6.45, 7) is 1.34. The molecule has 3 rings (SSSR count). The molecule has 0 spiro atoms. The van der Waals surface area contributed by atoms with E-state index >= 15 is 0 Å². The van der Waals surface area contributed by atoms with Crippen LogP contribution in [0.4, 0.5) is 4.79 Å². The molecule has 0 aromatic heterocycles. The summed E-state index contributed by atoms with van der Waals surface area (Å²) in [5.74, 6) is 0. The molecule has 1 amide bonds. The molecule has 1 fully saturated rings. The van der Waals surface area contributed by atoms with Crippen molar-refractivity contribution in [1.29, 1.82) is 0 Å². The van der Waals surface area contributed by atoms with Crippen LogP contribution in [0.25, 0.3) is 0 Å². The zero-order chi connectivity index (χ0) is 20.0. The zero-order valence-electron chi connectivity index (χ0n) is 15.9. The minimum Gasteiger partial charge on any atom is -0.445 e. The van der Waals surface area contributed by atoms with Crippen LogP contribution >= 0.6 is 0 Å². The molecule has 0 bridgehead atoms. The summed E-state index contributed by atoms with van der Waals surface area (Å²) in [5, 5.41) is 0. The second kappa shape index (κ2) is 8.75. The largest absolute Gasteiger partial charge is 0.445 e. The standard InChI is InChI=1S/C21H25NO5S/c1-28(24,25)27-15-13-21(19-10-6-3-7-11-19)12-14-22(17-21)20(23)26-16-18-8-4-2-5-9-18/h2-11H,12-17H2,1H3. The predicted molar refractivity (Wildman–Crippen MR) is 106 cm³/mol. The molecular formula is C21H25NO5S. The maximum Gasteiger partial charge on any atom is 0.410 e. The number of hydrogen-bond acceptors (Lipinski definition) is 5. The molecule has 0 radical (unpaired) electrons. The van der Waals surface area contributed by atoms with Crippen molar-refractivity contribution >= 4 is 16.2 Å². The van der Waals surface area contributed by atoms with Crippen LogP contribution in [0.3, 0.4) is 0 Å². The number of nitrogens with zero attached hydrogens (tertiary/aromatic N) is 1. The van der Waals surface area contributed by atoms with Gasteiger partial charge in [-0.25, -0.2) is 4.79 Å². The summed E-state index contributed by atoms with van der Waals surface area (Å²) in [6, 6.07) is 19.4.